The molecule has 1 aromatic heterocycles. The average Bonchev–Trinajstić information content (AvgIpc) is 2.70. The van der Waals surface area contributed by atoms with Gasteiger partial charge in [-0.2, -0.15) is 5.10 Å². The Bertz CT molecular complexity index is 400. The van der Waals surface area contributed by atoms with E-state index in [1.807, 2.05) is 4.68 Å². The third-order valence-corrected chi connectivity index (χ3v) is 3.60. The van der Waals surface area contributed by atoms with Crippen molar-refractivity contribution in [1.82, 2.24) is 14.7 Å². The number of ether oxygens (including phenoxy) is 2. The number of likely N-dealkylation sites (tertiary alicyclic amines) is 1. The lowest BCUT2D eigenvalue weighted by Gasteiger charge is -2.44. The van der Waals surface area contributed by atoms with E-state index in [4.69, 9.17) is 15.2 Å². The summed E-state index contributed by atoms with van der Waals surface area (Å²) in [4.78, 5) is 2.38. The summed E-state index contributed by atoms with van der Waals surface area (Å²) >= 11 is 0. The molecule has 3 rings (SSSR count). The van der Waals surface area contributed by atoms with E-state index in [2.05, 4.69) is 10.00 Å². The Morgan fingerprint density at radius 2 is 2.35 bits per heavy atom. The lowest BCUT2D eigenvalue weighted by Crippen LogP contribution is -2.59. The summed E-state index contributed by atoms with van der Waals surface area (Å²) in [6, 6.07) is 0.402. The zero-order chi connectivity index (χ0) is 11.8. The molecular weight excluding hydrogens is 220 g/mol. The fourth-order valence-electron chi connectivity index (χ4n) is 2.42. The molecule has 2 aliphatic heterocycles. The van der Waals surface area contributed by atoms with Crippen molar-refractivity contribution >= 4 is 0 Å². The monoisotopic (exact) mass is 238 g/mol. The molecule has 1 atom stereocenters. The van der Waals surface area contributed by atoms with Gasteiger partial charge in [-0.05, 0) is 0 Å². The molecule has 0 bridgehead atoms. The summed E-state index contributed by atoms with van der Waals surface area (Å²) in [5.74, 6) is 0.840. The summed E-state index contributed by atoms with van der Waals surface area (Å²) in [6.07, 6.45) is 2.18. The minimum absolute atomic E-state index is 0.383. The molecule has 6 heteroatoms. The van der Waals surface area contributed by atoms with Crippen LogP contribution in [-0.4, -0.2) is 53.6 Å². The summed E-state index contributed by atoms with van der Waals surface area (Å²) < 4.78 is 13.0. The third-order valence-electron chi connectivity index (χ3n) is 3.60. The van der Waals surface area contributed by atoms with Gasteiger partial charge < -0.3 is 15.2 Å². The number of rotatable bonds is 3. The van der Waals surface area contributed by atoms with E-state index in [1.165, 1.54) is 0 Å². The van der Waals surface area contributed by atoms with Crippen molar-refractivity contribution in [1.29, 1.82) is 0 Å². The molecular formula is C11H18N4O2. The van der Waals surface area contributed by atoms with Crippen LogP contribution >= 0.6 is 0 Å². The second-order valence-electron chi connectivity index (χ2n) is 4.64. The first kappa shape index (κ1) is 11.0. The topological polar surface area (TPSA) is 65.5 Å². The summed E-state index contributed by atoms with van der Waals surface area (Å²) in [7, 11) is 1.76. The Balaban J connectivity index is 1.65. The second kappa shape index (κ2) is 4.29. The predicted octanol–water partition coefficient (Wildman–Crippen LogP) is -0.567. The van der Waals surface area contributed by atoms with Crippen LogP contribution in [0.1, 0.15) is 5.56 Å². The van der Waals surface area contributed by atoms with E-state index in [0.29, 0.717) is 18.7 Å². The molecule has 1 fully saturated rings. The minimum atomic E-state index is 0.383. The molecule has 3 heterocycles. The highest BCUT2D eigenvalue weighted by atomic mass is 16.5. The van der Waals surface area contributed by atoms with E-state index in [0.717, 1.165) is 37.7 Å². The average molecular weight is 238 g/mol. The number of aromatic nitrogens is 2. The van der Waals surface area contributed by atoms with E-state index >= 15 is 0 Å². The minimum Gasteiger partial charge on any atom is -0.476 e. The second-order valence-corrected chi connectivity index (χ2v) is 4.64. The number of nitrogens with zero attached hydrogens (tertiary/aromatic N) is 3. The molecule has 0 radical (unpaired) electrons. The first-order valence-electron chi connectivity index (χ1n) is 5.96. The standard InChI is InChI=1S/C11H18N4O2/c1-16-10-5-14(6-10)9-4-15-11(17-7-9)8(2-12)3-13-15/h3,9-10H,2,4-7,12H2,1H3. The Labute approximate surface area is 100 Å². The van der Waals surface area contributed by atoms with Crippen molar-refractivity contribution in [3.8, 4) is 5.88 Å². The van der Waals surface area contributed by atoms with Crippen molar-refractivity contribution < 1.29 is 9.47 Å². The zero-order valence-corrected chi connectivity index (χ0v) is 10.0. The lowest BCUT2D eigenvalue weighted by atomic mass is 10.1. The summed E-state index contributed by atoms with van der Waals surface area (Å²) in [5.41, 5.74) is 6.61. The van der Waals surface area contributed by atoms with Gasteiger partial charge in [-0.25, -0.2) is 4.68 Å². The van der Waals surface area contributed by atoms with Crippen molar-refractivity contribution in [2.24, 2.45) is 5.73 Å². The van der Waals surface area contributed by atoms with Gasteiger partial charge in [-0.15, -0.1) is 0 Å². The molecule has 0 aliphatic carbocycles. The fourth-order valence-corrected chi connectivity index (χ4v) is 2.42. The molecule has 0 amide bonds. The predicted molar refractivity (Wildman–Crippen MR) is 61.8 cm³/mol. The number of nitrogens with two attached hydrogens (primary N) is 1. The van der Waals surface area contributed by atoms with Crippen molar-refractivity contribution in [2.75, 3.05) is 26.8 Å². The normalized spacial score (nSPS) is 25.2. The molecule has 1 unspecified atom stereocenters. The molecule has 1 saturated heterocycles. The van der Waals surface area contributed by atoms with Crippen LogP contribution in [0.25, 0.3) is 0 Å². The maximum Gasteiger partial charge on any atom is 0.216 e. The first-order valence-corrected chi connectivity index (χ1v) is 5.96. The Morgan fingerprint density at radius 3 is 3.06 bits per heavy atom. The molecule has 0 spiro atoms. The van der Waals surface area contributed by atoms with Crippen LogP contribution in [0.15, 0.2) is 6.20 Å². The molecule has 1 aromatic rings. The number of hydrogen-bond donors (Lipinski definition) is 1. The smallest absolute Gasteiger partial charge is 0.216 e. The number of hydrogen-bond acceptors (Lipinski definition) is 5. The van der Waals surface area contributed by atoms with E-state index < -0.39 is 0 Å². The molecule has 94 valence electrons. The van der Waals surface area contributed by atoms with Gasteiger partial charge in [0.05, 0.1) is 24.9 Å². The van der Waals surface area contributed by atoms with Gasteiger partial charge in [0, 0.05) is 32.3 Å². The Morgan fingerprint density at radius 1 is 1.53 bits per heavy atom. The Hall–Kier alpha value is -1.11. The fraction of sp³-hybridized carbons (Fsp3) is 0.727. The van der Waals surface area contributed by atoms with Gasteiger partial charge in [-0.3, -0.25) is 4.90 Å². The SMILES string of the molecule is COC1CN(C2COc3c(CN)cnn3C2)C1. The summed E-state index contributed by atoms with van der Waals surface area (Å²) in [6.45, 7) is 4.06. The van der Waals surface area contributed by atoms with Gasteiger partial charge in [0.2, 0.25) is 5.88 Å². The third kappa shape index (κ3) is 1.82. The van der Waals surface area contributed by atoms with Crippen molar-refractivity contribution in [3.63, 3.8) is 0 Å². The number of methoxy groups -OCH3 is 1. The van der Waals surface area contributed by atoms with Crippen LogP contribution in [0.2, 0.25) is 0 Å². The van der Waals surface area contributed by atoms with Crippen LogP contribution in [-0.2, 0) is 17.8 Å². The molecule has 6 nitrogen and oxygen atoms in total. The van der Waals surface area contributed by atoms with Gasteiger partial charge in [0.15, 0.2) is 0 Å². The highest BCUT2D eigenvalue weighted by Crippen LogP contribution is 2.25. The Kier molecular flexibility index (Phi) is 2.78. The van der Waals surface area contributed by atoms with Crippen LogP contribution in [0, 0.1) is 0 Å². The molecule has 0 aromatic carbocycles. The van der Waals surface area contributed by atoms with Gasteiger partial charge in [0.1, 0.15) is 6.61 Å². The first-order chi connectivity index (χ1) is 8.31. The summed E-state index contributed by atoms with van der Waals surface area (Å²) in [5, 5.41) is 4.31. The molecule has 0 saturated carbocycles. The van der Waals surface area contributed by atoms with Crippen LogP contribution in [0.3, 0.4) is 0 Å². The van der Waals surface area contributed by atoms with Crippen molar-refractivity contribution in [3.05, 3.63) is 11.8 Å². The van der Waals surface area contributed by atoms with Crippen LogP contribution < -0.4 is 10.5 Å². The zero-order valence-electron chi connectivity index (χ0n) is 10.0. The highest BCUT2D eigenvalue weighted by molar-refractivity contribution is 5.25. The largest absolute Gasteiger partial charge is 0.476 e. The quantitative estimate of drug-likeness (QED) is 0.764. The lowest BCUT2D eigenvalue weighted by molar-refractivity contribution is -0.0684. The van der Waals surface area contributed by atoms with E-state index in [1.54, 1.807) is 13.3 Å². The maximum absolute atomic E-state index is 5.76. The maximum atomic E-state index is 5.76. The van der Waals surface area contributed by atoms with Gasteiger partial charge in [0.25, 0.3) is 0 Å². The van der Waals surface area contributed by atoms with Gasteiger partial charge >= 0.3 is 0 Å². The van der Waals surface area contributed by atoms with Crippen LogP contribution in [0.5, 0.6) is 5.88 Å². The van der Waals surface area contributed by atoms with Crippen molar-refractivity contribution in [2.45, 2.75) is 25.2 Å². The van der Waals surface area contributed by atoms with Crippen LogP contribution in [0.4, 0.5) is 0 Å². The molecule has 17 heavy (non-hydrogen) atoms. The van der Waals surface area contributed by atoms with Gasteiger partial charge in [-0.1, -0.05) is 0 Å². The molecule has 2 aliphatic rings. The van der Waals surface area contributed by atoms with E-state index in [9.17, 15) is 0 Å². The highest BCUT2D eigenvalue weighted by Gasteiger charge is 2.35. The van der Waals surface area contributed by atoms with E-state index in [-0.39, 0.29) is 0 Å². The molecule has 2 N–H and O–H groups in total. The number of fused-ring (bicyclic) bond motifs is 1.